The fraction of sp³-hybridized carbons (Fsp3) is 0.176. The Morgan fingerprint density at radius 3 is 2.73 bits per heavy atom. The topological polar surface area (TPSA) is 92.5 Å². The highest BCUT2D eigenvalue weighted by Gasteiger charge is 2.36. The molecule has 1 saturated heterocycles. The van der Waals surface area contributed by atoms with Crippen LogP contribution in [0.5, 0.6) is 0 Å². The molecule has 26 heavy (non-hydrogen) atoms. The first-order chi connectivity index (χ1) is 12.4. The number of nitro groups is 1. The van der Waals surface area contributed by atoms with E-state index in [-0.39, 0.29) is 24.6 Å². The quantitative estimate of drug-likeness (QED) is 0.653. The van der Waals surface area contributed by atoms with Crippen LogP contribution in [0.1, 0.15) is 6.42 Å². The van der Waals surface area contributed by atoms with Crippen LogP contribution >= 0.6 is 11.6 Å². The molecule has 7 nitrogen and oxygen atoms in total. The molecule has 0 unspecified atom stereocenters. The minimum atomic E-state index is -0.992. The van der Waals surface area contributed by atoms with Crippen LogP contribution in [-0.2, 0) is 9.59 Å². The molecular formula is C17H13ClFN3O4. The maximum Gasteiger partial charge on any atom is 0.306 e. The Balaban J connectivity index is 1.74. The third-order valence-corrected chi connectivity index (χ3v) is 4.37. The van der Waals surface area contributed by atoms with Crippen LogP contribution in [0.25, 0.3) is 0 Å². The van der Waals surface area contributed by atoms with Crippen molar-refractivity contribution >= 4 is 40.5 Å². The number of hydrogen-bond acceptors (Lipinski definition) is 4. The molecule has 2 aromatic carbocycles. The van der Waals surface area contributed by atoms with E-state index in [0.717, 1.165) is 12.1 Å². The Bertz CT molecular complexity index is 905. The first-order valence-electron chi connectivity index (χ1n) is 7.66. The lowest BCUT2D eigenvalue weighted by Crippen LogP contribution is -2.28. The highest BCUT2D eigenvalue weighted by atomic mass is 35.5. The fourth-order valence-corrected chi connectivity index (χ4v) is 3.00. The van der Waals surface area contributed by atoms with E-state index in [1.165, 1.54) is 11.0 Å². The number of nitro benzene ring substituents is 1. The normalized spacial score (nSPS) is 16.6. The van der Waals surface area contributed by atoms with Crippen molar-refractivity contribution in [1.29, 1.82) is 0 Å². The smallest absolute Gasteiger partial charge is 0.306 e. The van der Waals surface area contributed by atoms with Crippen molar-refractivity contribution in [2.24, 2.45) is 5.92 Å². The zero-order valence-electron chi connectivity index (χ0n) is 13.3. The van der Waals surface area contributed by atoms with Gasteiger partial charge in [-0.3, -0.25) is 19.7 Å². The summed E-state index contributed by atoms with van der Waals surface area (Å²) < 4.78 is 13.4. The minimum absolute atomic E-state index is 0.0135. The molecule has 0 radical (unpaired) electrons. The Hall–Kier alpha value is -3.00. The largest absolute Gasteiger partial charge is 0.326 e. The molecule has 9 heteroatoms. The Morgan fingerprint density at radius 2 is 2.04 bits per heavy atom. The summed E-state index contributed by atoms with van der Waals surface area (Å²) in [5, 5.41) is 13.7. The maximum absolute atomic E-state index is 13.4. The standard InChI is InChI=1S/C17H13ClFN3O4/c18-12-3-1-2-4-14(12)21-9-10(7-16(21)23)17(24)20-11-5-6-13(19)15(8-11)22(25)26/h1-6,8,10H,7,9H2,(H,20,24)/t10-/m1/s1. The van der Waals surface area contributed by atoms with Gasteiger partial charge < -0.3 is 10.2 Å². The zero-order chi connectivity index (χ0) is 18.8. The van der Waals surface area contributed by atoms with Crippen molar-refractivity contribution < 1.29 is 18.9 Å². The van der Waals surface area contributed by atoms with E-state index in [1.54, 1.807) is 24.3 Å². The van der Waals surface area contributed by atoms with Crippen molar-refractivity contribution in [3.8, 4) is 0 Å². The molecule has 0 saturated carbocycles. The molecule has 1 atom stereocenters. The number of hydrogen-bond donors (Lipinski definition) is 1. The highest BCUT2D eigenvalue weighted by Crippen LogP contribution is 2.31. The number of carbonyl (C=O) groups excluding carboxylic acids is 2. The number of benzene rings is 2. The number of anilines is 2. The molecule has 2 aromatic rings. The molecule has 1 aliphatic rings. The molecule has 134 valence electrons. The number of nitrogens with one attached hydrogen (secondary N) is 1. The molecule has 3 rings (SSSR count). The van der Waals surface area contributed by atoms with Crippen molar-refractivity contribution in [3.63, 3.8) is 0 Å². The predicted octanol–water partition coefficient (Wildman–Crippen LogP) is 3.38. The van der Waals surface area contributed by atoms with Crippen molar-refractivity contribution in [2.45, 2.75) is 6.42 Å². The molecule has 2 amide bonds. The summed E-state index contributed by atoms with van der Waals surface area (Å²) in [5.74, 6) is -2.37. The molecule has 0 bridgehead atoms. The maximum atomic E-state index is 13.4. The van der Waals surface area contributed by atoms with Gasteiger partial charge in [0.15, 0.2) is 0 Å². The summed E-state index contributed by atoms with van der Waals surface area (Å²) in [7, 11) is 0. The molecule has 0 aliphatic carbocycles. The van der Waals surface area contributed by atoms with Crippen molar-refractivity contribution in [2.75, 3.05) is 16.8 Å². The second-order valence-electron chi connectivity index (χ2n) is 5.77. The average molecular weight is 378 g/mol. The summed E-state index contributed by atoms with van der Waals surface area (Å²) >= 11 is 6.09. The van der Waals surface area contributed by atoms with Gasteiger partial charge in [-0.05, 0) is 24.3 Å². The van der Waals surface area contributed by atoms with Crippen LogP contribution in [0.15, 0.2) is 42.5 Å². The lowest BCUT2D eigenvalue weighted by molar-refractivity contribution is -0.387. The lowest BCUT2D eigenvalue weighted by Gasteiger charge is -2.18. The van der Waals surface area contributed by atoms with Crippen LogP contribution in [-0.4, -0.2) is 23.3 Å². The van der Waals surface area contributed by atoms with Gasteiger partial charge in [0.25, 0.3) is 0 Å². The van der Waals surface area contributed by atoms with E-state index in [4.69, 9.17) is 11.6 Å². The van der Waals surface area contributed by atoms with E-state index in [0.29, 0.717) is 10.7 Å². The second-order valence-corrected chi connectivity index (χ2v) is 6.18. The van der Waals surface area contributed by atoms with Gasteiger partial charge in [-0.15, -0.1) is 0 Å². The van der Waals surface area contributed by atoms with Crippen LogP contribution in [0.2, 0.25) is 5.02 Å². The Labute approximate surface area is 152 Å². The van der Waals surface area contributed by atoms with E-state index in [9.17, 15) is 24.1 Å². The average Bonchev–Trinajstić information content (AvgIpc) is 2.98. The molecule has 0 spiro atoms. The van der Waals surface area contributed by atoms with Gasteiger partial charge in [-0.2, -0.15) is 4.39 Å². The second kappa shape index (κ2) is 7.09. The molecule has 1 heterocycles. The molecule has 1 N–H and O–H groups in total. The van der Waals surface area contributed by atoms with Crippen LogP contribution in [0, 0.1) is 21.8 Å². The van der Waals surface area contributed by atoms with Gasteiger partial charge in [0, 0.05) is 24.7 Å². The number of rotatable bonds is 4. The summed E-state index contributed by atoms with van der Waals surface area (Å²) in [6.07, 6.45) is -0.0135. The van der Waals surface area contributed by atoms with E-state index < -0.39 is 28.3 Å². The number of amides is 2. The van der Waals surface area contributed by atoms with Crippen LogP contribution < -0.4 is 10.2 Å². The highest BCUT2D eigenvalue weighted by molar-refractivity contribution is 6.33. The third-order valence-electron chi connectivity index (χ3n) is 4.05. The van der Waals surface area contributed by atoms with Gasteiger partial charge in [0.2, 0.25) is 17.6 Å². The van der Waals surface area contributed by atoms with Crippen molar-refractivity contribution in [3.05, 3.63) is 63.4 Å². The zero-order valence-corrected chi connectivity index (χ0v) is 14.1. The Morgan fingerprint density at radius 1 is 1.31 bits per heavy atom. The van der Waals surface area contributed by atoms with E-state index in [2.05, 4.69) is 5.32 Å². The number of nitrogens with zero attached hydrogens (tertiary/aromatic N) is 2. The van der Waals surface area contributed by atoms with Crippen LogP contribution in [0.3, 0.4) is 0 Å². The fourth-order valence-electron chi connectivity index (χ4n) is 2.76. The Kier molecular flexibility index (Phi) is 4.85. The van der Waals surface area contributed by atoms with Gasteiger partial charge in [0.05, 0.1) is 21.6 Å². The number of halogens is 2. The molecule has 1 fully saturated rings. The molecule has 1 aliphatic heterocycles. The summed E-state index contributed by atoms with van der Waals surface area (Å²) in [5.41, 5.74) is -0.123. The first kappa shape index (κ1) is 17.8. The van der Waals surface area contributed by atoms with Gasteiger partial charge in [0.1, 0.15) is 0 Å². The van der Waals surface area contributed by atoms with Crippen molar-refractivity contribution in [1.82, 2.24) is 0 Å². The van der Waals surface area contributed by atoms with E-state index in [1.807, 2.05) is 0 Å². The number of carbonyl (C=O) groups is 2. The molecule has 0 aromatic heterocycles. The SMILES string of the molecule is O=C(Nc1ccc(F)c([N+](=O)[O-])c1)[C@@H]1CC(=O)N(c2ccccc2Cl)C1. The summed E-state index contributed by atoms with van der Waals surface area (Å²) in [6, 6.07) is 9.87. The van der Waals surface area contributed by atoms with Crippen LogP contribution in [0.4, 0.5) is 21.5 Å². The number of para-hydroxylation sites is 1. The third kappa shape index (κ3) is 3.50. The predicted molar refractivity (Wildman–Crippen MR) is 93.6 cm³/mol. The van der Waals surface area contributed by atoms with Gasteiger partial charge in [-0.25, -0.2) is 0 Å². The van der Waals surface area contributed by atoms with Gasteiger partial charge in [-0.1, -0.05) is 23.7 Å². The van der Waals surface area contributed by atoms with E-state index >= 15 is 0 Å². The first-order valence-corrected chi connectivity index (χ1v) is 8.04. The minimum Gasteiger partial charge on any atom is -0.326 e. The summed E-state index contributed by atoms with van der Waals surface area (Å²) in [6.45, 7) is 0.137. The monoisotopic (exact) mass is 377 g/mol. The van der Waals surface area contributed by atoms with Gasteiger partial charge >= 0.3 is 5.69 Å². The molecular weight excluding hydrogens is 365 g/mol. The lowest BCUT2D eigenvalue weighted by atomic mass is 10.1. The summed E-state index contributed by atoms with van der Waals surface area (Å²) in [4.78, 5) is 36.0.